The number of nitrogens with zero attached hydrogens (tertiary/aromatic N) is 2. The van der Waals surface area contributed by atoms with Crippen LogP contribution in [0.15, 0.2) is 78.9 Å². The number of rotatable bonds is 6. The van der Waals surface area contributed by atoms with E-state index in [2.05, 4.69) is 0 Å². The molecular formula is C25H20N2O5. The fourth-order valence-corrected chi connectivity index (χ4v) is 3.66. The molecule has 1 heterocycles. The SMILES string of the molecule is COC(=O)c1ccccc1N(CN1C(=O)c2ccccc2C1=O)C(=O)Cc1ccccc1. The monoisotopic (exact) mass is 428 g/mol. The summed E-state index contributed by atoms with van der Waals surface area (Å²) < 4.78 is 4.86. The number of hydrogen-bond donors (Lipinski definition) is 0. The van der Waals surface area contributed by atoms with Crippen LogP contribution in [0.25, 0.3) is 0 Å². The van der Waals surface area contributed by atoms with Crippen LogP contribution in [-0.2, 0) is 16.0 Å². The molecule has 32 heavy (non-hydrogen) atoms. The molecule has 0 radical (unpaired) electrons. The van der Waals surface area contributed by atoms with Crippen molar-refractivity contribution in [3.05, 3.63) is 101 Å². The molecule has 160 valence electrons. The number of hydrogen-bond acceptors (Lipinski definition) is 5. The first-order valence-electron chi connectivity index (χ1n) is 9.98. The van der Waals surface area contributed by atoms with E-state index in [1.807, 2.05) is 30.3 Å². The minimum Gasteiger partial charge on any atom is -0.465 e. The van der Waals surface area contributed by atoms with Gasteiger partial charge in [0.25, 0.3) is 11.8 Å². The lowest BCUT2D eigenvalue weighted by Gasteiger charge is -2.28. The standard InChI is InChI=1S/C25H20N2O5/c1-32-25(31)20-13-7-8-14-21(20)26(22(28)15-17-9-3-2-4-10-17)16-27-23(29)18-11-5-6-12-19(18)24(27)30/h2-14H,15-16H2,1H3. The lowest BCUT2D eigenvalue weighted by Crippen LogP contribution is -2.45. The predicted molar refractivity (Wildman–Crippen MR) is 117 cm³/mol. The van der Waals surface area contributed by atoms with Crippen molar-refractivity contribution in [2.75, 3.05) is 18.7 Å². The quantitative estimate of drug-likeness (QED) is 0.444. The molecule has 0 saturated carbocycles. The predicted octanol–water partition coefficient (Wildman–Crippen LogP) is 3.30. The highest BCUT2D eigenvalue weighted by atomic mass is 16.5. The van der Waals surface area contributed by atoms with E-state index in [0.717, 1.165) is 10.5 Å². The summed E-state index contributed by atoms with van der Waals surface area (Å²) in [6, 6.07) is 22.1. The summed E-state index contributed by atoms with van der Waals surface area (Å²) in [7, 11) is 1.25. The number of carbonyl (C=O) groups is 4. The topological polar surface area (TPSA) is 84.0 Å². The van der Waals surface area contributed by atoms with Crippen LogP contribution < -0.4 is 4.90 Å². The van der Waals surface area contributed by atoms with E-state index < -0.39 is 17.8 Å². The molecule has 1 aliphatic rings. The van der Waals surface area contributed by atoms with Crippen LogP contribution in [0.5, 0.6) is 0 Å². The molecule has 0 spiro atoms. The minimum atomic E-state index is -0.625. The van der Waals surface area contributed by atoms with Gasteiger partial charge in [-0.15, -0.1) is 0 Å². The number of para-hydroxylation sites is 1. The molecular weight excluding hydrogens is 408 g/mol. The zero-order valence-electron chi connectivity index (χ0n) is 17.4. The van der Waals surface area contributed by atoms with E-state index in [9.17, 15) is 19.2 Å². The highest BCUT2D eigenvalue weighted by Gasteiger charge is 2.37. The molecule has 1 aliphatic heterocycles. The summed E-state index contributed by atoms with van der Waals surface area (Å²) in [6.07, 6.45) is 0.0273. The van der Waals surface area contributed by atoms with Crippen molar-refractivity contribution in [1.82, 2.24) is 4.90 Å². The van der Waals surface area contributed by atoms with Gasteiger partial charge in [-0.05, 0) is 29.8 Å². The van der Waals surface area contributed by atoms with Gasteiger partial charge in [0, 0.05) is 0 Å². The van der Waals surface area contributed by atoms with Gasteiger partial charge in [-0.2, -0.15) is 0 Å². The molecule has 7 nitrogen and oxygen atoms in total. The molecule has 7 heteroatoms. The highest BCUT2D eigenvalue weighted by Crippen LogP contribution is 2.27. The maximum atomic E-state index is 13.4. The van der Waals surface area contributed by atoms with Crippen molar-refractivity contribution >= 4 is 29.4 Å². The lowest BCUT2D eigenvalue weighted by atomic mass is 10.1. The van der Waals surface area contributed by atoms with Gasteiger partial charge in [-0.25, -0.2) is 4.79 Å². The average Bonchev–Trinajstić information content (AvgIpc) is 3.07. The summed E-state index contributed by atoms with van der Waals surface area (Å²) in [6.45, 7) is -0.327. The van der Waals surface area contributed by atoms with Gasteiger partial charge in [0.2, 0.25) is 5.91 Å². The van der Waals surface area contributed by atoms with Crippen molar-refractivity contribution in [2.45, 2.75) is 6.42 Å². The zero-order valence-corrected chi connectivity index (χ0v) is 17.4. The number of esters is 1. The number of benzene rings is 3. The largest absolute Gasteiger partial charge is 0.465 e. The number of methoxy groups -OCH3 is 1. The van der Waals surface area contributed by atoms with Gasteiger partial charge in [0.1, 0.15) is 6.67 Å². The van der Waals surface area contributed by atoms with E-state index in [1.54, 1.807) is 42.5 Å². The minimum absolute atomic E-state index is 0.0273. The third-order valence-corrected chi connectivity index (χ3v) is 5.26. The van der Waals surface area contributed by atoms with Gasteiger partial charge in [0.15, 0.2) is 0 Å². The Morgan fingerprint density at radius 2 is 1.38 bits per heavy atom. The van der Waals surface area contributed by atoms with Gasteiger partial charge < -0.3 is 4.74 Å². The fraction of sp³-hybridized carbons (Fsp3) is 0.120. The highest BCUT2D eigenvalue weighted by molar-refractivity contribution is 6.21. The Morgan fingerprint density at radius 3 is 2.00 bits per heavy atom. The summed E-state index contributed by atoms with van der Waals surface area (Å²) in [5, 5.41) is 0. The number of amides is 3. The Morgan fingerprint density at radius 1 is 0.812 bits per heavy atom. The first-order chi connectivity index (χ1) is 15.5. The Balaban J connectivity index is 1.72. The smallest absolute Gasteiger partial charge is 0.339 e. The van der Waals surface area contributed by atoms with Crippen molar-refractivity contribution < 1.29 is 23.9 Å². The van der Waals surface area contributed by atoms with Crippen LogP contribution in [-0.4, -0.2) is 42.4 Å². The first-order valence-corrected chi connectivity index (χ1v) is 9.98. The number of imide groups is 1. The molecule has 0 N–H and O–H groups in total. The number of fused-ring (bicyclic) bond motifs is 1. The fourth-order valence-electron chi connectivity index (χ4n) is 3.66. The van der Waals surface area contributed by atoms with Crippen molar-refractivity contribution in [1.29, 1.82) is 0 Å². The maximum absolute atomic E-state index is 13.4. The van der Waals surface area contributed by atoms with Crippen molar-refractivity contribution in [2.24, 2.45) is 0 Å². The summed E-state index contributed by atoms with van der Waals surface area (Å²) in [5.74, 6) is -1.97. The average molecular weight is 428 g/mol. The molecule has 0 bridgehead atoms. The molecule has 0 unspecified atom stereocenters. The molecule has 3 amide bonds. The van der Waals surface area contributed by atoms with Crippen LogP contribution in [0, 0.1) is 0 Å². The van der Waals surface area contributed by atoms with E-state index in [-0.39, 0.29) is 41.4 Å². The van der Waals surface area contributed by atoms with Crippen LogP contribution in [0.2, 0.25) is 0 Å². The first kappa shape index (κ1) is 21.0. The molecule has 3 aromatic carbocycles. The molecule has 0 aromatic heterocycles. The van der Waals surface area contributed by atoms with E-state index in [0.29, 0.717) is 0 Å². The summed E-state index contributed by atoms with van der Waals surface area (Å²) in [4.78, 5) is 53.8. The summed E-state index contributed by atoms with van der Waals surface area (Å²) in [5.41, 5.74) is 1.76. The molecule has 0 saturated heterocycles. The van der Waals surface area contributed by atoms with E-state index in [4.69, 9.17) is 4.74 Å². The second-order valence-corrected chi connectivity index (χ2v) is 7.22. The Hall–Kier alpha value is -4.26. The van der Waals surface area contributed by atoms with E-state index in [1.165, 1.54) is 18.1 Å². The van der Waals surface area contributed by atoms with Crippen molar-refractivity contribution in [3.63, 3.8) is 0 Å². The van der Waals surface area contributed by atoms with Gasteiger partial charge in [-0.1, -0.05) is 54.6 Å². The second kappa shape index (κ2) is 8.85. The zero-order chi connectivity index (χ0) is 22.7. The van der Waals surface area contributed by atoms with Gasteiger partial charge in [0.05, 0.1) is 35.9 Å². The normalized spacial score (nSPS) is 12.5. The third kappa shape index (κ3) is 3.88. The number of carbonyl (C=O) groups excluding carboxylic acids is 4. The molecule has 0 aliphatic carbocycles. The second-order valence-electron chi connectivity index (χ2n) is 7.22. The van der Waals surface area contributed by atoms with Gasteiger partial charge in [-0.3, -0.25) is 24.2 Å². The third-order valence-electron chi connectivity index (χ3n) is 5.26. The molecule has 4 rings (SSSR count). The Labute approximate surface area is 184 Å². The molecule has 3 aromatic rings. The lowest BCUT2D eigenvalue weighted by molar-refractivity contribution is -0.118. The van der Waals surface area contributed by atoms with Crippen LogP contribution >= 0.6 is 0 Å². The summed E-state index contributed by atoms with van der Waals surface area (Å²) >= 11 is 0. The number of ether oxygens (including phenoxy) is 1. The Bertz CT molecular complexity index is 1170. The van der Waals surface area contributed by atoms with Crippen LogP contribution in [0.3, 0.4) is 0 Å². The van der Waals surface area contributed by atoms with Crippen LogP contribution in [0.4, 0.5) is 5.69 Å². The van der Waals surface area contributed by atoms with Gasteiger partial charge >= 0.3 is 5.97 Å². The number of anilines is 1. The molecule has 0 fully saturated rings. The Kier molecular flexibility index (Phi) is 5.81. The maximum Gasteiger partial charge on any atom is 0.339 e. The molecule has 0 atom stereocenters. The van der Waals surface area contributed by atoms with Crippen molar-refractivity contribution in [3.8, 4) is 0 Å². The van der Waals surface area contributed by atoms with E-state index >= 15 is 0 Å². The van der Waals surface area contributed by atoms with Crippen LogP contribution in [0.1, 0.15) is 36.6 Å².